The minimum absolute atomic E-state index is 0.125. The highest BCUT2D eigenvalue weighted by Gasteiger charge is 2.28. The molecule has 4 nitrogen and oxygen atoms in total. The average Bonchev–Trinajstić information content (AvgIpc) is 3.19. The number of benzene rings is 1. The maximum atomic E-state index is 12.7. The summed E-state index contributed by atoms with van der Waals surface area (Å²) in [6.45, 7) is 6.40. The van der Waals surface area contributed by atoms with Crippen LogP contribution in [0.3, 0.4) is 0 Å². The lowest BCUT2D eigenvalue weighted by Crippen LogP contribution is -2.30. The van der Waals surface area contributed by atoms with Gasteiger partial charge in [0.15, 0.2) is 0 Å². The number of hydrogen-bond donors (Lipinski definition) is 0. The maximum absolute atomic E-state index is 12.7. The molecule has 0 aliphatic carbocycles. The highest BCUT2D eigenvalue weighted by molar-refractivity contribution is 7.99. The molecule has 0 saturated carbocycles. The second-order valence-electron chi connectivity index (χ2n) is 6.02. The lowest BCUT2D eigenvalue weighted by Gasteiger charge is -2.17. The van der Waals surface area contributed by atoms with Crippen molar-refractivity contribution >= 4 is 17.7 Å². The van der Waals surface area contributed by atoms with Crippen LogP contribution in [-0.4, -0.2) is 39.4 Å². The van der Waals surface area contributed by atoms with E-state index in [1.165, 1.54) is 4.90 Å². The van der Waals surface area contributed by atoms with Gasteiger partial charge in [-0.05, 0) is 44.4 Å². The van der Waals surface area contributed by atoms with Gasteiger partial charge in [-0.25, -0.2) is 0 Å². The Hall–Kier alpha value is -1.75. The summed E-state index contributed by atoms with van der Waals surface area (Å²) in [4.78, 5) is 16.0. The summed E-state index contributed by atoms with van der Waals surface area (Å²) in [5, 5.41) is 4.38. The summed E-state index contributed by atoms with van der Waals surface area (Å²) in [5.41, 5.74) is 1.63. The molecule has 1 aromatic carbocycles. The molecule has 1 saturated heterocycles. The first-order chi connectivity index (χ1) is 11.2. The molecule has 1 atom stereocenters. The molecular formula is C18H23N3OS. The second-order valence-corrected chi connectivity index (χ2v) is 7.11. The first-order valence-electron chi connectivity index (χ1n) is 8.19. The van der Waals surface area contributed by atoms with E-state index in [0.717, 1.165) is 43.2 Å². The monoisotopic (exact) mass is 329 g/mol. The van der Waals surface area contributed by atoms with Gasteiger partial charge in [-0.15, -0.1) is 11.8 Å². The Labute approximate surface area is 141 Å². The number of aryl methyl sites for hydroxylation is 2. The quantitative estimate of drug-likeness (QED) is 0.789. The molecule has 0 N–H and O–H groups in total. The Bertz CT molecular complexity index is 668. The highest BCUT2D eigenvalue weighted by Crippen LogP contribution is 2.26. The van der Waals surface area contributed by atoms with Gasteiger partial charge in [-0.1, -0.05) is 18.2 Å². The normalized spacial score (nSPS) is 17.7. The van der Waals surface area contributed by atoms with E-state index in [0.29, 0.717) is 5.92 Å². The molecular weight excluding hydrogens is 306 g/mol. The average molecular weight is 329 g/mol. The summed E-state index contributed by atoms with van der Waals surface area (Å²) >= 11 is 1.88. The third kappa shape index (κ3) is 3.78. The van der Waals surface area contributed by atoms with Crippen LogP contribution < -0.4 is 0 Å². The fourth-order valence-corrected chi connectivity index (χ4v) is 4.05. The van der Waals surface area contributed by atoms with Crippen molar-refractivity contribution in [2.45, 2.75) is 31.7 Å². The SMILES string of the molecule is CCn1nc(C)cc1C(=O)N1CC[C@@H](CSc2ccccc2)C1. The second kappa shape index (κ2) is 7.21. The van der Waals surface area contributed by atoms with Crippen molar-refractivity contribution < 1.29 is 4.79 Å². The molecule has 2 heterocycles. The number of hydrogen-bond acceptors (Lipinski definition) is 3. The predicted molar refractivity (Wildman–Crippen MR) is 93.8 cm³/mol. The fraction of sp³-hybridized carbons (Fsp3) is 0.444. The molecule has 1 amide bonds. The zero-order chi connectivity index (χ0) is 16.2. The minimum Gasteiger partial charge on any atom is -0.337 e. The van der Waals surface area contributed by atoms with Crippen molar-refractivity contribution in [3.8, 4) is 0 Å². The van der Waals surface area contributed by atoms with Crippen molar-refractivity contribution in [3.05, 3.63) is 47.8 Å². The van der Waals surface area contributed by atoms with Crippen LogP contribution in [0.15, 0.2) is 41.3 Å². The van der Waals surface area contributed by atoms with E-state index < -0.39 is 0 Å². The van der Waals surface area contributed by atoms with E-state index in [-0.39, 0.29) is 5.91 Å². The van der Waals surface area contributed by atoms with Crippen LogP contribution in [0.1, 0.15) is 29.5 Å². The molecule has 0 unspecified atom stereocenters. The Kier molecular flexibility index (Phi) is 5.06. The largest absolute Gasteiger partial charge is 0.337 e. The number of carbonyl (C=O) groups is 1. The number of likely N-dealkylation sites (tertiary alicyclic amines) is 1. The number of rotatable bonds is 5. The van der Waals surface area contributed by atoms with Crippen molar-refractivity contribution in [2.24, 2.45) is 5.92 Å². The molecule has 122 valence electrons. The van der Waals surface area contributed by atoms with Crippen molar-refractivity contribution in [1.29, 1.82) is 0 Å². The van der Waals surface area contributed by atoms with Crippen LogP contribution in [0, 0.1) is 12.8 Å². The highest BCUT2D eigenvalue weighted by atomic mass is 32.2. The van der Waals surface area contributed by atoms with Crippen LogP contribution in [0.4, 0.5) is 0 Å². The Morgan fingerprint density at radius 2 is 2.13 bits per heavy atom. The summed E-state index contributed by atoms with van der Waals surface area (Å²) in [7, 11) is 0. The van der Waals surface area contributed by atoms with Crippen LogP contribution in [-0.2, 0) is 6.54 Å². The van der Waals surface area contributed by atoms with Crippen molar-refractivity contribution in [2.75, 3.05) is 18.8 Å². The van der Waals surface area contributed by atoms with Crippen LogP contribution in [0.5, 0.6) is 0 Å². The van der Waals surface area contributed by atoms with Gasteiger partial charge in [0.2, 0.25) is 0 Å². The first-order valence-corrected chi connectivity index (χ1v) is 9.17. The zero-order valence-corrected chi connectivity index (χ0v) is 14.6. The summed E-state index contributed by atoms with van der Waals surface area (Å²) in [6, 6.07) is 12.4. The number of aromatic nitrogens is 2. The summed E-state index contributed by atoms with van der Waals surface area (Å²) in [6.07, 6.45) is 1.09. The summed E-state index contributed by atoms with van der Waals surface area (Å²) in [5.74, 6) is 1.77. The number of amides is 1. The maximum Gasteiger partial charge on any atom is 0.272 e. The third-order valence-corrected chi connectivity index (χ3v) is 5.47. The lowest BCUT2D eigenvalue weighted by atomic mass is 10.2. The Morgan fingerprint density at radius 1 is 1.35 bits per heavy atom. The fourth-order valence-electron chi connectivity index (χ4n) is 3.00. The van der Waals surface area contributed by atoms with Crippen molar-refractivity contribution in [3.63, 3.8) is 0 Å². The zero-order valence-electron chi connectivity index (χ0n) is 13.7. The number of carbonyl (C=O) groups excluding carboxylic acids is 1. The molecule has 1 fully saturated rings. The van der Waals surface area contributed by atoms with Crippen LogP contribution in [0.2, 0.25) is 0 Å². The van der Waals surface area contributed by atoms with E-state index in [1.54, 1.807) is 0 Å². The number of nitrogens with zero attached hydrogens (tertiary/aromatic N) is 3. The summed E-state index contributed by atoms with van der Waals surface area (Å²) < 4.78 is 1.81. The molecule has 1 aliphatic rings. The van der Waals surface area contributed by atoms with E-state index in [9.17, 15) is 4.79 Å². The molecule has 23 heavy (non-hydrogen) atoms. The van der Waals surface area contributed by atoms with Crippen LogP contribution in [0.25, 0.3) is 0 Å². The van der Waals surface area contributed by atoms with E-state index in [4.69, 9.17) is 0 Å². The minimum atomic E-state index is 0.125. The topological polar surface area (TPSA) is 38.1 Å². The van der Waals surface area contributed by atoms with Gasteiger partial charge in [0.05, 0.1) is 5.69 Å². The molecule has 2 aromatic rings. The molecule has 0 spiro atoms. The Balaban J connectivity index is 1.57. The van der Waals surface area contributed by atoms with Gasteiger partial charge in [-0.2, -0.15) is 5.10 Å². The molecule has 3 rings (SSSR count). The molecule has 5 heteroatoms. The molecule has 1 aromatic heterocycles. The first kappa shape index (κ1) is 16.1. The molecule has 1 aliphatic heterocycles. The van der Waals surface area contributed by atoms with E-state index in [1.807, 2.05) is 47.3 Å². The smallest absolute Gasteiger partial charge is 0.272 e. The van der Waals surface area contributed by atoms with Crippen LogP contribution >= 0.6 is 11.8 Å². The van der Waals surface area contributed by atoms with E-state index in [2.05, 4.69) is 29.4 Å². The van der Waals surface area contributed by atoms with Gasteiger partial charge in [-0.3, -0.25) is 9.48 Å². The standard InChI is InChI=1S/C18H23N3OS/c1-3-21-17(11-14(2)19-21)18(22)20-10-9-15(12-20)13-23-16-7-5-4-6-8-16/h4-8,11,15H,3,9-10,12-13H2,1-2H3/t15-/m1/s1. The van der Waals surface area contributed by atoms with Gasteiger partial charge in [0.25, 0.3) is 5.91 Å². The van der Waals surface area contributed by atoms with Gasteiger partial charge >= 0.3 is 0 Å². The lowest BCUT2D eigenvalue weighted by molar-refractivity contribution is 0.0776. The third-order valence-electron chi connectivity index (χ3n) is 4.22. The van der Waals surface area contributed by atoms with Gasteiger partial charge < -0.3 is 4.90 Å². The van der Waals surface area contributed by atoms with Crippen molar-refractivity contribution in [1.82, 2.24) is 14.7 Å². The van der Waals surface area contributed by atoms with Gasteiger partial charge in [0, 0.05) is 30.3 Å². The molecule has 0 radical (unpaired) electrons. The number of thioether (sulfide) groups is 1. The molecule has 0 bridgehead atoms. The van der Waals surface area contributed by atoms with E-state index >= 15 is 0 Å². The predicted octanol–water partition coefficient (Wildman–Crippen LogP) is 3.47. The Morgan fingerprint density at radius 3 is 2.87 bits per heavy atom. The van der Waals surface area contributed by atoms with Gasteiger partial charge in [0.1, 0.15) is 5.69 Å².